The molecule has 4 heteroatoms. The Morgan fingerprint density at radius 2 is 2.36 bits per heavy atom. The van der Waals surface area contributed by atoms with Crippen LogP contribution in [0, 0.1) is 0 Å². The van der Waals surface area contributed by atoms with Crippen LogP contribution in [0.1, 0.15) is 13.3 Å². The van der Waals surface area contributed by atoms with Crippen LogP contribution in [0.25, 0.3) is 0 Å². The fraction of sp³-hybridized carbons (Fsp3) is 0.857. The van der Waals surface area contributed by atoms with Gasteiger partial charge in [-0.25, -0.2) is 0 Å². The highest BCUT2D eigenvalue weighted by Crippen LogP contribution is 1.86. The zero-order chi connectivity index (χ0) is 8.69. The molecule has 2 N–H and O–H groups in total. The lowest BCUT2D eigenvalue weighted by atomic mass is 10.3. The van der Waals surface area contributed by atoms with E-state index in [-0.39, 0.29) is 6.61 Å². The van der Waals surface area contributed by atoms with E-state index in [0.29, 0.717) is 6.61 Å². The molecular weight excluding hydrogens is 146 g/mol. The maximum Gasteiger partial charge on any atom is 0.323 e. The smallest absolute Gasteiger partial charge is 0.323 e. The zero-order valence-electron chi connectivity index (χ0n) is 6.96. The van der Waals surface area contributed by atoms with Gasteiger partial charge >= 0.3 is 5.97 Å². The first-order valence-corrected chi connectivity index (χ1v) is 3.70. The molecule has 0 bridgehead atoms. The molecule has 0 saturated heterocycles. The van der Waals surface area contributed by atoms with Crippen LogP contribution in [-0.4, -0.2) is 37.4 Å². The summed E-state index contributed by atoms with van der Waals surface area (Å²) >= 11 is 0. The molecule has 0 amide bonds. The van der Waals surface area contributed by atoms with Crippen LogP contribution in [0.2, 0.25) is 0 Å². The minimum Gasteiger partial charge on any atom is -0.480 e. The van der Waals surface area contributed by atoms with Gasteiger partial charge in [0.1, 0.15) is 6.04 Å². The van der Waals surface area contributed by atoms with E-state index >= 15 is 0 Å². The van der Waals surface area contributed by atoms with Crippen molar-refractivity contribution in [3.8, 4) is 0 Å². The van der Waals surface area contributed by atoms with E-state index in [0.717, 1.165) is 6.42 Å². The molecule has 0 rings (SSSR count). The van der Waals surface area contributed by atoms with Crippen LogP contribution in [0.3, 0.4) is 0 Å². The number of carbonyl (C=O) groups is 1. The molecular formula is C7H15NO3. The molecule has 1 atom stereocenters. The van der Waals surface area contributed by atoms with E-state index in [9.17, 15) is 4.79 Å². The average Bonchev–Trinajstić information content (AvgIpc) is 1.97. The number of rotatable bonds is 6. The highest BCUT2D eigenvalue weighted by Gasteiger charge is 2.13. The van der Waals surface area contributed by atoms with Gasteiger partial charge in [0.05, 0.1) is 6.61 Å². The molecule has 66 valence electrons. The van der Waals surface area contributed by atoms with Crippen LogP contribution >= 0.6 is 0 Å². The standard InChI is InChI=1S/C7H15NO3/c1-3-4-11-5-6(8-2)7(9)10/h6,8H,3-5H2,1-2H3,(H,9,10)/t6-/m0/s1. The fourth-order valence-electron chi connectivity index (χ4n) is 0.624. The first kappa shape index (κ1) is 10.4. The maximum atomic E-state index is 10.4. The Bertz CT molecular complexity index is 116. The third-order valence-corrected chi connectivity index (χ3v) is 1.28. The summed E-state index contributed by atoms with van der Waals surface area (Å²) in [6.07, 6.45) is 0.913. The van der Waals surface area contributed by atoms with Crippen molar-refractivity contribution < 1.29 is 14.6 Å². The van der Waals surface area contributed by atoms with E-state index in [2.05, 4.69) is 5.32 Å². The van der Waals surface area contributed by atoms with Gasteiger partial charge in [0.2, 0.25) is 0 Å². The van der Waals surface area contributed by atoms with Crippen molar-refractivity contribution >= 4 is 5.97 Å². The van der Waals surface area contributed by atoms with Crippen LogP contribution in [0.5, 0.6) is 0 Å². The summed E-state index contributed by atoms with van der Waals surface area (Å²) in [5.41, 5.74) is 0. The molecule has 0 aliphatic rings. The molecule has 0 aliphatic carbocycles. The normalized spacial score (nSPS) is 12.9. The Kier molecular flexibility index (Phi) is 5.78. The van der Waals surface area contributed by atoms with Crippen molar-refractivity contribution in [2.45, 2.75) is 19.4 Å². The first-order chi connectivity index (χ1) is 5.22. The summed E-state index contributed by atoms with van der Waals surface area (Å²) in [5, 5.41) is 11.2. The van der Waals surface area contributed by atoms with Crippen LogP contribution < -0.4 is 5.32 Å². The number of hydrogen-bond donors (Lipinski definition) is 2. The molecule has 11 heavy (non-hydrogen) atoms. The number of carboxylic acids is 1. The Morgan fingerprint density at radius 1 is 1.73 bits per heavy atom. The summed E-state index contributed by atoms with van der Waals surface area (Å²) in [4.78, 5) is 10.4. The fourth-order valence-corrected chi connectivity index (χ4v) is 0.624. The zero-order valence-corrected chi connectivity index (χ0v) is 6.96. The van der Waals surface area contributed by atoms with Gasteiger partial charge in [0.25, 0.3) is 0 Å². The molecule has 0 aromatic carbocycles. The minimum absolute atomic E-state index is 0.236. The Morgan fingerprint density at radius 3 is 2.73 bits per heavy atom. The lowest BCUT2D eigenvalue weighted by molar-refractivity contribution is -0.140. The Hall–Kier alpha value is -0.610. The summed E-state index contributed by atoms with van der Waals surface area (Å²) < 4.78 is 5.05. The highest BCUT2D eigenvalue weighted by molar-refractivity contribution is 5.73. The predicted octanol–water partition coefficient (Wildman–Crippen LogP) is 0.0856. The molecule has 0 fully saturated rings. The molecule has 0 aromatic rings. The van der Waals surface area contributed by atoms with Gasteiger partial charge in [-0.3, -0.25) is 4.79 Å². The van der Waals surface area contributed by atoms with Crippen molar-refractivity contribution in [2.75, 3.05) is 20.3 Å². The number of nitrogens with one attached hydrogen (secondary N) is 1. The second-order valence-corrected chi connectivity index (χ2v) is 2.25. The Balaban J connectivity index is 3.44. The number of carboxylic acid groups (broad SMARTS) is 1. The van der Waals surface area contributed by atoms with E-state index in [1.807, 2.05) is 6.92 Å². The number of aliphatic carboxylic acids is 1. The topological polar surface area (TPSA) is 58.6 Å². The molecule has 0 unspecified atom stereocenters. The molecule has 0 radical (unpaired) electrons. The van der Waals surface area contributed by atoms with Gasteiger partial charge in [0.15, 0.2) is 0 Å². The van der Waals surface area contributed by atoms with E-state index in [4.69, 9.17) is 9.84 Å². The van der Waals surface area contributed by atoms with E-state index in [1.54, 1.807) is 7.05 Å². The van der Waals surface area contributed by atoms with Crippen LogP contribution in [0.4, 0.5) is 0 Å². The van der Waals surface area contributed by atoms with Crippen molar-refractivity contribution in [3.63, 3.8) is 0 Å². The summed E-state index contributed by atoms with van der Waals surface area (Å²) in [5.74, 6) is -0.872. The number of ether oxygens (including phenoxy) is 1. The lowest BCUT2D eigenvalue weighted by Gasteiger charge is -2.10. The monoisotopic (exact) mass is 161 g/mol. The van der Waals surface area contributed by atoms with Gasteiger partial charge in [-0.15, -0.1) is 0 Å². The van der Waals surface area contributed by atoms with Gasteiger partial charge in [-0.1, -0.05) is 6.92 Å². The molecule has 0 aliphatic heterocycles. The second-order valence-electron chi connectivity index (χ2n) is 2.25. The number of hydrogen-bond acceptors (Lipinski definition) is 3. The van der Waals surface area contributed by atoms with E-state index in [1.165, 1.54) is 0 Å². The summed E-state index contributed by atoms with van der Waals surface area (Å²) in [6, 6.07) is -0.582. The third-order valence-electron chi connectivity index (χ3n) is 1.28. The molecule has 0 saturated carbocycles. The van der Waals surface area contributed by atoms with Gasteiger partial charge in [0, 0.05) is 6.61 Å². The van der Waals surface area contributed by atoms with Crippen LogP contribution in [0.15, 0.2) is 0 Å². The largest absolute Gasteiger partial charge is 0.480 e. The predicted molar refractivity (Wildman–Crippen MR) is 41.6 cm³/mol. The van der Waals surface area contributed by atoms with Gasteiger partial charge in [-0.05, 0) is 13.5 Å². The molecule has 4 nitrogen and oxygen atoms in total. The van der Waals surface area contributed by atoms with Crippen molar-refractivity contribution in [3.05, 3.63) is 0 Å². The van der Waals surface area contributed by atoms with Crippen LogP contribution in [-0.2, 0) is 9.53 Å². The van der Waals surface area contributed by atoms with Crippen molar-refractivity contribution in [1.82, 2.24) is 5.32 Å². The summed E-state index contributed by atoms with van der Waals surface area (Å²) in [6.45, 7) is 2.83. The average molecular weight is 161 g/mol. The molecule has 0 spiro atoms. The van der Waals surface area contributed by atoms with Gasteiger partial charge in [-0.2, -0.15) is 0 Å². The second kappa shape index (κ2) is 6.12. The Labute approximate surface area is 66.5 Å². The third kappa shape index (κ3) is 4.75. The SMILES string of the molecule is CCCOC[C@H](NC)C(=O)O. The quantitative estimate of drug-likeness (QED) is 0.542. The first-order valence-electron chi connectivity index (χ1n) is 3.70. The summed E-state index contributed by atoms with van der Waals surface area (Å²) in [7, 11) is 1.61. The molecule has 0 heterocycles. The molecule has 0 aromatic heterocycles. The van der Waals surface area contributed by atoms with Gasteiger partial charge < -0.3 is 15.2 Å². The van der Waals surface area contributed by atoms with Crippen molar-refractivity contribution in [1.29, 1.82) is 0 Å². The number of likely N-dealkylation sites (N-methyl/N-ethyl adjacent to an activating group) is 1. The van der Waals surface area contributed by atoms with E-state index < -0.39 is 12.0 Å². The minimum atomic E-state index is -0.872. The lowest BCUT2D eigenvalue weighted by Crippen LogP contribution is -2.38. The highest BCUT2D eigenvalue weighted by atomic mass is 16.5. The van der Waals surface area contributed by atoms with Crippen molar-refractivity contribution in [2.24, 2.45) is 0 Å². The maximum absolute atomic E-state index is 10.4.